The summed E-state index contributed by atoms with van der Waals surface area (Å²) in [7, 11) is 0. The first-order valence-electron chi connectivity index (χ1n) is 8.29. The molecule has 0 unspecified atom stereocenters. The summed E-state index contributed by atoms with van der Waals surface area (Å²) >= 11 is 0. The molecule has 0 bridgehead atoms. The Labute approximate surface area is 151 Å². The van der Waals surface area contributed by atoms with E-state index in [1.165, 1.54) is 6.08 Å². The number of aliphatic imine (C=N–C) groups is 1. The van der Waals surface area contributed by atoms with Crippen LogP contribution in [0.4, 0.5) is 11.4 Å². The fourth-order valence-corrected chi connectivity index (χ4v) is 2.59. The summed E-state index contributed by atoms with van der Waals surface area (Å²) in [5.41, 5.74) is 1.33. The van der Waals surface area contributed by atoms with Crippen molar-refractivity contribution in [2.75, 3.05) is 5.32 Å². The molecule has 0 amide bonds. The number of Topliss-reactive ketones (excluding diaryl/α,β-unsaturated/α-hetero) is 1. The van der Waals surface area contributed by atoms with E-state index in [-0.39, 0.29) is 34.9 Å². The van der Waals surface area contributed by atoms with E-state index in [0.29, 0.717) is 11.4 Å². The number of aliphatic hydroxyl groups is 1. The lowest BCUT2D eigenvalue weighted by Gasteiger charge is -2.19. The summed E-state index contributed by atoms with van der Waals surface area (Å²) < 4.78 is 0. The van der Waals surface area contributed by atoms with E-state index >= 15 is 0 Å². The van der Waals surface area contributed by atoms with Crippen LogP contribution in [0.15, 0.2) is 88.8 Å². The average Bonchev–Trinajstić information content (AvgIpc) is 2.67. The van der Waals surface area contributed by atoms with Crippen molar-refractivity contribution in [1.29, 1.82) is 0 Å². The number of anilines is 1. The molecule has 5 heteroatoms. The highest BCUT2D eigenvalue weighted by atomic mass is 16.3. The molecule has 0 saturated heterocycles. The second-order valence-corrected chi connectivity index (χ2v) is 5.71. The number of nitrogens with zero attached hydrogens (tertiary/aromatic N) is 1. The molecule has 130 valence electrons. The monoisotopic (exact) mass is 346 g/mol. The second kappa shape index (κ2) is 7.61. The van der Waals surface area contributed by atoms with Gasteiger partial charge in [-0.3, -0.25) is 9.59 Å². The predicted octanol–water partition coefficient (Wildman–Crippen LogP) is 4.13. The van der Waals surface area contributed by atoms with Gasteiger partial charge in [-0.15, -0.1) is 0 Å². The number of carbonyl (C=O) groups excluding carboxylic acids is 2. The van der Waals surface area contributed by atoms with E-state index in [9.17, 15) is 14.7 Å². The lowest BCUT2D eigenvalue weighted by molar-refractivity contribution is -0.115. The third-order valence-corrected chi connectivity index (χ3v) is 3.89. The van der Waals surface area contributed by atoms with Crippen LogP contribution in [0, 0.1) is 0 Å². The van der Waals surface area contributed by atoms with E-state index in [1.54, 1.807) is 43.3 Å². The Morgan fingerprint density at radius 3 is 2.27 bits per heavy atom. The number of hydrogen-bond acceptors (Lipinski definition) is 5. The third-order valence-electron chi connectivity index (χ3n) is 3.89. The van der Waals surface area contributed by atoms with Crippen molar-refractivity contribution in [2.45, 2.75) is 13.3 Å². The van der Waals surface area contributed by atoms with Gasteiger partial charge < -0.3 is 10.4 Å². The molecule has 26 heavy (non-hydrogen) atoms. The molecule has 0 atom stereocenters. The first-order chi connectivity index (χ1) is 12.6. The van der Waals surface area contributed by atoms with E-state index in [1.807, 2.05) is 24.3 Å². The maximum atomic E-state index is 12.6. The van der Waals surface area contributed by atoms with Crippen molar-refractivity contribution in [3.05, 3.63) is 83.8 Å². The molecular weight excluding hydrogens is 328 g/mol. The average molecular weight is 346 g/mol. The van der Waals surface area contributed by atoms with Crippen molar-refractivity contribution in [3.8, 4) is 0 Å². The predicted molar refractivity (Wildman–Crippen MR) is 102 cm³/mol. The van der Waals surface area contributed by atoms with Crippen molar-refractivity contribution < 1.29 is 14.7 Å². The summed E-state index contributed by atoms with van der Waals surface area (Å²) in [4.78, 5) is 29.3. The summed E-state index contributed by atoms with van der Waals surface area (Å²) in [6.07, 6.45) is 1.41. The van der Waals surface area contributed by atoms with Gasteiger partial charge in [-0.25, -0.2) is 4.99 Å². The van der Waals surface area contributed by atoms with Gasteiger partial charge >= 0.3 is 0 Å². The number of hydrogen-bond donors (Lipinski definition) is 2. The maximum absolute atomic E-state index is 12.6. The van der Waals surface area contributed by atoms with Gasteiger partial charge in [0.15, 0.2) is 11.5 Å². The summed E-state index contributed by atoms with van der Waals surface area (Å²) in [5, 5.41) is 13.6. The largest absolute Gasteiger partial charge is 0.505 e. The fraction of sp³-hybridized carbons (Fsp3) is 0.0952. The third kappa shape index (κ3) is 3.62. The maximum Gasteiger partial charge on any atom is 0.207 e. The second-order valence-electron chi connectivity index (χ2n) is 5.71. The molecule has 0 aliphatic heterocycles. The number of allylic oxidation sites excluding steroid dienone is 2. The van der Waals surface area contributed by atoms with Crippen molar-refractivity contribution in [2.24, 2.45) is 4.99 Å². The van der Waals surface area contributed by atoms with E-state index in [4.69, 9.17) is 0 Å². The van der Waals surface area contributed by atoms with Gasteiger partial charge in [0.1, 0.15) is 5.71 Å². The zero-order chi connectivity index (χ0) is 18.5. The molecule has 0 fully saturated rings. The summed E-state index contributed by atoms with van der Waals surface area (Å²) in [6.45, 7) is 1.68. The van der Waals surface area contributed by atoms with Gasteiger partial charge in [0.2, 0.25) is 5.78 Å². The van der Waals surface area contributed by atoms with Crippen LogP contribution in [0.2, 0.25) is 0 Å². The van der Waals surface area contributed by atoms with Crippen molar-refractivity contribution in [1.82, 2.24) is 0 Å². The Kier molecular flexibility index (Phi) is 5.08. The zero-order valence-electron chi connectivity index (χ0n) is 14.3. The molecular formula is C21H18N2O3. The first kappa shape index (κ1) is 17.4. The lowest BCUT2D eigenvalue weighted by Crippen LogP contribution is -2.28. The van der Waals surface area contributed by atoms with Gasteiger partial charge in [0, 0.05) is 18.2 Å². The highest BCUT2D eigenvalue weighted by molar-refractivity contribution is 6.56. The molecule has 0 radical (unpaired) electrons. The van der Waals surface area contributed by atoms with Crippen LogP contribution in [0.3, 0.4) is 0 Å². The first-order valence-corrected chi connectivity index (χ1v) is 8.29. The van der Waals surface area contributed by atoms with Crippen LogP contribution in [-0.2, 0) is 9.59 Å². The molecule has 0 aromatic heterocycles. The zero-order valence-corrected chi connectivity index (χ0v) is 14.3. The molecule has 5 nitrogen and oxygen atoms in total. The smallest absolute Gasteiger partial charge is 0.207 e. The van der Waals surface area contributed by atoms with Crippen molar-refractivity contribution >= 4 is 28.7 Å². The van der Waals surface area contributed by atoms with E-state index in [0.717, 1.165) is 0 Å². The number of para-hydroxylation sites is 2. The minimum Gasteiger partial charge on any atom is -0.505 e. The standard InChI is InChI=1S/C21H18N2O3/c1-2-17(24)19-20(23-15-11-7-4-8-12-15)18(25)13-16(21(19)26)22-14-9-5-3-6-10-14/h3-13,22,26H,2H2,1H3. The number of ketones is 2. The van der Waals surface area contributed by atoms with Gasteiger partial charge in [-0.1, -0.05) is 43.3 Å². The number of benzene rings is 2. The molecule has 2 aromatic carbocycles. The fourth-order valence-electron chi connectivity index (χ4n) is 2.59. The van der Waals surface area contributed by atoms with Crippen LogP contribution in [0.5, 0.6) is 0 Å². The SMILES string of the molecule is CCC(=O)C1=C(O)C(Nc2ccccc2)=CC(=O)C1=Nc1ccccc1. The number of carbonyl (C=O) groups is 2. The highest BCUT2D eigenvalue weighted by Crippen LogP contribution is 2.25. The Morgan fingerprint density at radius 1 is 1.04 bits per heavy atom. The van der Waals surface area contributed by atoms with Crippen LogP contribution < -0.4 is 5.32 Å². The van der Waals surface area contributed by atoms with Crippen LogP contribution in [0.25, 0.3) is 0 Å². The van der Waals surface area contributed by atoms with Gasteiger partial charge in [0.05, 0.1) is 17.0 Å². The normalized spacial score (nSPS) is 15.8. The minimum atomic E-state index is -0.429. The molecule has 2 N–H and O–H groups in total. The molecule has 0 heterocycles. The molecule has 0 saturated carbocycles. The Balaban J connectivity index is 2.05. The number of rotatable bonds is 5. The van der Waals surface area contributed by atoms with E-state index in [2.05, 4.69) is 10.3 Å². The highest BCUT2D eigenvalue weighted by Gasteiger charge is 2.31. The topological polar surface area (TPSA) is 78.8 Å². The molecule has 0 spiro atoms. The van der Waals surface area contributed by atoms with Crippen LogP contribution >= 0.6 is 0 Å². The van der Waals surface area contributed by atoms with Gasteiger partial charge in [-0.2, -0.15) is 0 Å². The summed E-state index contributed by atoms with van der Waals surface area (Å²) in [6, 6.07) is 18.0. The lowest BCUT2D eigenvalue weighted by atomic mass is 9.93. The van der Waals surface area contributed by atoms with Crippen molar-refractivity contribution in [3.63, 3.8) is 0 Å². The Hall–Kier alpha value is -3.47. The Morgan fingerprint density at radius 2 is 1.65 bits per heavy atom. The number of nitrogens with one attached hydrogen (secondary N) is 1. The quantitative estimate of drug-likeness (QED) is 0.798. The minimum absolute atomic E-state index is 0.0424. The molecule has 2 aromatic rings. The molecule has 1 aliphatic rings. The number of aliphatic hydroxyl groups excluding tert-OH is 1. The van der Waals surface area contributed by atoms with Crippen LogP contribution in [-0.4, -0.2) is 22.4 Å². The van der Waals surface area contributed by atoms with Gasteiger partial charge in [-0.05, 0) is 24.3 Å². The summed E-state index contributed by atoms with van der Waals surface area (Å²) in [5.74, 6) is -1.04. The molecule has 1 aliphatic carbocycles. The molecule has 3 rings (SSSR count). The van der Waals surface area contributed by atoms with Crippen LogP contribution in [0.1, 0.15) is 13.3 Å². The Bertz CT molecular complexity index is 926. The van der Waals surface area contributed by atoms with E-state index < -0.39 is 5.78 Å². The van der Waals surface area contributed by atoms with Gasteiger partial charge in [0.25, 0.3) is 0 Å².